The van der Waals surface area contributed by atoms with Crippen molar-refractivity contribution in [2.75, 3.05) is 18.1 Å². The molecule has 1 aromatic rings. The van der Waals surface area contributed by atoms with Gasteiger partial charge < -0.3 is 4.74 Å². The maximum atomic E-state index is 11.3. The van der Waals surface area contributed by atoms with Crippen LogP contribution in [0.4, 0.5) is 0 Å². The molecule has 1 rings (SSSR count). The lowest BCUT2D eigenvalue weighted by molar-refractivity contribution is 0.317. The van der Waals surface area contributed by atoms with E-state index in [1.807, 2.05) is 13.0 Å². The molecule has 5 heteroatoms. The predicted molar refractivity (Wildman–Crippen MR) is 73.8 cm³/mol. The summed E-state index contributed by atoms with van der Waals surface area (Å²) >= 11 is 5.88. The summed E-state index contributed by atoms with van der Waals surface area (Å²) in [5, 5.41) is 0.680. The summed E-state index contributed by atoms with van der Waals surface area (Å²) in [6, 6.07) is 5.32. The highest BCUT2D eigenvalue weighted by Crippen LogP contribution is 2.21. The van der Waals surface area contributed by atoms with Crippen molar-refractivity contribution in [1.29, 1.82) is 0 Å². The normalized spacial score (nSPS) is 10.9. The first-order valence-corrected chi connectivity index (χ1v) is 7.67. The number of rotatable bonds is 6. The van der Waals surface area contributed by atoms with Gasteiger partial charge >= 0.3 is 0 Å². The largest absolute Gasteiger partial charge is 0.494 e. The number of hydrogen-bond donors (Lipinski definition) is 0. The third-order valence-corrected chi connectivity index (χ3v) is 4.24. The van der Waals surface area contributed by atoms with E-state index >= 15 is 0 Å². The van der Waals surface area contributed by atoms with Crippen molar-refractivity contribution in [2.45, 2.75) is 13.3 Å². The Bertz CT molecular complexity index is 544. The van der Waals surface area contributed by atoms with Crippen LogP contribution < -0.4 is 4.74 Å². The van der Waals surface area contributed by atoms with Gasteiger partial charge in [0, 0.05) is 5.02 Å². The van der Waals surface area contributed by atoms with Crippen LogP contribution in [-0.4, -0.2) is 26.5 Å². The summed E-state index contributed by atoms with van der Waals surface area (Å²) in [4.78, 5) is 0. The van der Waals surface area contributed by atoms with Gasteiger partial charge in [-0.05, 0) is 37.1 Å². The minimum absolute atomic E-state index is 0.0454. The van der Waals surface area contributed by atoms with Crippen molar-refractivity contribution in [1.82, 2.24) is 0 Å². The molecule has 3 nitrogen and oxygen atoms in total. The molecule has 0 spiro atoms. The lowest BCUT2D eigenvalue weighted by Crippen LogP contribution is -2.12. The molecule has 0 radical (unpaired) electrons. The van der Waals surface area contributed by atoms with E-state index in [0.717, 1.165) is 5.56 Å². The highest BCUT2D eigenvalue weighted by Gasteiger charge is 2.08. The first kappa shape index (κ1) is 14.9. The minimum atomic E-state index is -3.14. The highest BCUT2D eigenvalue weighted by atomic mass is 35.5. The van der Waals surface area contributed by atoms with Crippen LogP contribution in [0.1, 0.15) is 12.0 Å². The van der Waals surface area contributed by atoms with Gasteiger partial charge in [0.15, 0.2) is 9.84 Å². The monoisotopic (exact) mass is 286 g/mol. The summed E-state index contributed by atoms with van der Waals surface area (Å²) in [6.07, 6.45) is 5.39. The Morgan fingerprint density at radius 3 is 2.78 bits per heavy atom. The summed E-state index contributed by atoms with van der Waals surface area (Å²) in [5.41, 5.74) is 0.925. The van der Waals surface area contributed by atoms with Gasteiger partial charge in [-0.3, -0.25) is 0 Å². The Morgan fingerprint density at radius 2 is 2.17 bits per heavy atom. The quantitative estimate of drug-likeness (QED) is 0.596. The van der Waals surface area contributed by atoms with Gasteiger partial charge in [-0.1, -0.05) is 17.5 Å². The molecular formula is C13H15ClO3S. The number of terminal acetylenes is 1. The Morgan fingerprint density at radius 1 is 1.44 bits per heavy atom. The fourth-order valence-corrected chi connectivity index (χ4v) is 2.45. The molecular weight excluding hydrogens is 272 g/mol. The fourth-order valence-electron chi connectivity index (χ4n) is 1.37. The topological polar surface area (TPSA) is 43.4 Å². The van der Waals surface area contributed by atoms with Crippen LogP contribution in [-0.2, 0) is 9.84 Å². The second-order valence-corrected chi connectivity index (χ2v) is 6.50. The van der Waals surface area contributed by atoms with E-state index in [4.69, 9.17) is 22.8 Å². The number of sulfone groups is 1. The van der Waals surface area contributed by atoms with Crippen LogP contribution in [0, 0.1) is 19.3 Å². The summed E-state index contributed by atoms with van der Waals surface area (Å²) in [7, 11) is -3.14. The van der Waals surface area contributed by atoms with Crippen LogP contribution in [0.25, 0.3) is 0 Å². The summed E-state index contributed by atoms with van der Waals surface area (Å²) < 4.78 is 28.1. The molecule has 0 atom stereocenters. The molecule has 18 heavy (non-hydrogen) atoms. The first-order valence-electron chi connectivity index (χ1n) is 5.47. The predicted octanol–water partition coefficient (Wildman–Crippen LogP) is 2.47. The molecule has 0 heterocycles. The standard InChI is InChI=1S/C13H15ClO3S/c1-3-8-18(15,16)9-4-7-17-12-5-6-13(14)11(2)10-12/h1,5-6,10H,4,7-9H2,2H3. The van der Waals surface area contributed by atoms with E-state index in [1.54, 1.807) is 12.1 Å². The highest BCUT2D eigenvalue weighted by molar-refractivity contribution is 7.91. The summed E-state index contributed by atoms with van der Waals surface area (Å²) in [5.74, 6) is 2.65. The van der Waals surface area contributed by atoms with Crippen LogP contribution in [0.2, 0.25) is 5.02 Å². The second-order valence-electron chi connectivity index (χ2n) is 3.91. The van der Waals surface area contributed by atoms with E-state index in [-0.39, 0.29) is 11.5 Å². The molecule has 98 valence electrons. The molecule has 0 N–H and O–H groups in total. The van der Waals surface area contributed by atoms with Crippen molar-refractivity contribution in [3.63, 3.8) is 0 Å². The SMILES string of the molecule is C#CCS(=O)(=O)CCCOc1ccc(Cl)c(C)c1. The molecule has 0 bridgehead atoms. The third-order valence-electron chi connectivity index (χ3n) is 2.30. The fraction of sp³-hybridized carbons (Fsp3) is 0.385. The molecule has 0 saturated heterocycles. The zero-order valence-corrected chi connectivity index (χ0v) is 11.7. The Labute approximate surface area is 113 Å². The molecule has 0 unspecified atom stereocenters. The van der Waals surface area contributed by atoms with Crippen molar-refractivity contribution in [2.24, 2.45) is 0 Å². The molecule has 0 saturated carbocycles. The van der Waals surface area contributed by atoms with Gasteiger partial charge in [-0.25, -0.2) is 8.42 Å². The maximum Gasteiger partial charge on any atom is 0.161 e. The van der Waals surface area contributed by atoms with Gasteiger partial charge in [0.05, 0.1) is 12.4 Å². The van der Waals surface area contributed by atoms with Crippen molar-refractivity contribution in [3.8, 4) is 18.1 Å². The molecule has 1 aromatic carbocycles. The van der Waals surface area contributed by atoms with Crippen LogP contribution in [0.5, 0.6) is 5.75 Å². The van der Waals surface area contributed by atoms with Gasteiger partial charge in [-0.2, -0.15) is 0 Å². The zero-order valence-electron chi connectivity index (χ0n) is 10.1. The number of hydrogen-bond acceptors (Lipinski definition) is 3. The van der Waals surface area contributed by atoms with E-state index < -0.39 is 9.84 Å². The smallest absolute Gasteiger partial charge is 0.161 e. The van der Waals surface area contributed by atoms with E-state index in [9.17, 15) is 8.42 Å². The molecule has 0 aliphatic rings. The minimum Gasteiger partial charge on any atom is -0.494 e. The van der Waals surface area contributed by atoms with Crippen molar-refractivity contribution in [3.05, 3.63) is 28.8 Å². The van der Waals surface area contributed by atoms with Gasteiger partial charge in [0.2, 0.25) is 0 Å². The molecule has 0 aromatic heterocycles. The van der Waals surface area contributed by atoms with Crippen molar-refractivity contribution < 1.29 is 13.2 Å². The lowest BCUT2D eigenvalue weighted by atomic mass is 10.2. The van der Waals surface area contributed by atoms with E-state index in [1.165, 1.54) is 0 Å². The Hall–Kier alpha value is -1.18. The first-order chi connectivity index (χ1) is 8.44. The van der Waals surface area contributed by atoms with Crippen LogP contribution in [0.3, 0.4) is 0 Å². The Kier molecular flexibility index (Phi) is 5.52. The number of aryl methyl sites for hydroxylation is 1. The number of benzene rings is 1. The Balaban J connectivity index is 2.39. The maximum absolute atomic E-state index is 11.3. The molecule has 0 fully saturated rings. The molecule has 0 amide bonds. The van der Waals surface area contributed by atoms with Gasteiger partial charge in [0.25, 0.3) is 0 Å². The van der Waals surface area contributed by atoms with Crippen LogP contribution in [0.15, 0.2) is 18.2 Å². The second kappa shape index (κ2) is 6.67. The average molecular weight is 287 g/mol. The van der Waals surface area contributed by atoms with Crippen molar-refractivity contribution >= 4 is 21.4 Å². The number of ether oxygens (including phenoxy) is 1. The van der Waals surface area contributed by atoms with E-state index in [0.29, 0.717) is 23.8 Å². The number of halogens is 1. The van der Waals surface area contributed by atoms with Crippen LogP contribution >= 0.6 is 11.6 Å². The van der Waals surface area contributed by atoms with Gasteiger partial charge in [-0.15, -0.1) is 6.42 Å². The summed E-state index contributed by atoms with van der Waals surface area (Å²) in [6.45, 7) is 2.22. The molecule has 0 aliphatic heterocycles. The van der Waals surface area contributed by atoms with Gasteiger partial charge in [0.1, 0.15) is 11.5 Å². The average Bonchev–Trinajstić information content (AvgIpc) is 2.29. The zero-order chi connectivity index (χ0) is 13.6. The van der Waals surface area contributed by atoms with E-state index in [2.05, 4.69) is 5.92 Å². The lowest BCUT2D eigenvalue weighted by Gasteiger charge is -2.07. The molecule has 0 aliphatic carbocycles. The third kappa shape index (κ3) is 4.99.